The molecule has 1 aromatic carbocycles. The minimum atomic E-state index is -0.0629. The van der Waals surface area contributed by atoms with Gasteiger partial charge in [-0.25, -0.2) is 4.98 Å². The molecule has 1 amide bonds. The van der Waals surface area contributed by atoms with Gasteiger partial charge >= 0.3 is 0 Å². The minimum Gasteiger partial charge on any atom is -0.369 e. The number of nitrogens with one attached hydrogen (secondary N) is 1. The largest absolute Gasteiger partial charge is 0.369 e. The first kappa shape index (κ1) is 17.0. The zero-order chi connectivity index (χ0) is 18.1. The number of carbonyl (C=O) groups excluding carboxylic acids is 1. The maximum atomic E-state index is 12.7. The van der Waals surface area contributed by atoms with E-state index in [2.05, 4.69) is 52.4 Å². The lowest BCUT2D eigenvalue weighted by atomic mass is 10.0. The molecule has 2 atom stereocenters. The predicted molar refractivity (Wildman–Crippen MR) is 105 cm³/mol. The van der Waals surface area contributed by atoms with Crippen LogP contribution in [0.1, 0.15) is 29.9 Å². The second-order valence-electron chi connectivity index (χ2n) is 7.53. The summed E-state index contributed by atoms with van der Waals surface area (Å²) >= 11 is 0. The van der Waals surface area contributed by atoms with Crippen molar-refractivity contribution in [1.82, 2.24) is 9.88 Å². The van der Waals surface area contributed by atoms with Crippen molar-refractivity contribution in [3.05, 3.63) is 53.7 Å². The van der Waals surface area contributed by atoms with Crippen LogP contribution < -0.4 is 10.2 Å². The van der Waals surface area contributed by atoms with Gasteiger partial charge in [-0.15, -0.1) is 0 Å². The Morgan fingerprint density at radius 2 is 2.04 bits per heavy atom. The summed E-state index contributed by atoms with van der Waals surface area (Å²) in [6.07, 6.45) is 4.90. The van der Waals surface area contributed by atoms with Gasteiger partial charge in [0.2, 0.25) is 5.91 Å². The topological polar surface area (TPSA) is 48.5 Å². The van der Waals surface area contributed by atoms with Crippen molar-refractivity contribution in [2.45, 2.75) is 31.2 Å². The van der Waals surface area contributed by atoms with Gasteiger partial charge in [-0.3, -0.25) is 4.79 Å². The number of anilines is 2. The van der Waals surface area contributed by atoms with E-state index >= 15 is 0 Å². The number of pyridine rings is 1. The first-order valence-corrected chi connectivity index (χ1v) is 9.38. The number of benzene rings is 1. The number of nitrogens with zero attached hydrogens (tertiary/aromatic N) is 3. The summed E-state index contributed by atoms with van der Waals surface area (Å²) in [5.41, 5.74) is 3.58. The minimum absolute atomic E-state index is 0.0454. The number of hydrogen-bond acceptors (Lipinski definition) is 4. The summed E-state index contributed by atoms with van der Waals surface area (Å²) in [4.78, 5) is 21.8. The molecule has 0 spiro atoms. The third-order valence-electron chi connectivity index (χ3n) is 5.71. The fourth-order valence-electron chi connectivity index (χ4n) is 4.09. The number of aryl methyl sites for hydroxylation is 1. The van der Waals surface area contributed by atoms with Crippen LogP contribution in [0.25, 0.3) is 0 Å². The molecule has 0 saturated carbocycles. The molecular formula is C21H26N4O. The first-order valence-electron chi connectivity index (χ1n) is 9.38. The van der Waals surface area contributed by atoms with Crippen LogP contribution in [0.15, 0.2) is 42.6 Å². The molecule has 1 saturated heterocycles. The summed E-state index contributed by atoms with van der Waals surface area (Å²) in [6, 6.07) is 12.8. The van der Waals surface area contributed by atoms with Crippen LogP contribution in [-0.4, -0.2) is 49.0 Å². The Morgan fingerprint density at radius 1 is 1.19 bits per heavy atom. The Bertz CT molecular complexity index is 787. The monoisotopic (exact) mass is 350 g/mol. The second-order valence-corrected chi connectivity index (χ2v) is 7.53. The molecule has 1 fully saturated rings. The van der Waals surface area contributed by atoms with Gasteiger partial charge in [0, 0.05) is 19.1 Å². The van der Waals surface area contributed by atoms with Crippen molar-refractivity contribution in [2.24, 2.45) is 0 Å². The van der Waals surface area contributed by atoms with E-state index in [0.29, 0.717) is 11.9 Å². The quantitative estimate of drug-likeness (QED) is 0.921. The zero-order valence-electron chi connectivity index (χ0n) is 15.5. The summed E-state index contributed by atoms with van der Waals surface area (Å²) in [7, 11) is 4.26. The SMILES string of the molecule is CN(C)C1CCN(c2ccc(NC(=O)C3CCc4ccccc43)nc2)C1. The molecule has 2 aromatic rings. The molecule has 5 heteroatoms. The Labute approximate surface area is 155 Å². The molecular weight excluding hydrogens is 324 g/mol. The molecule has 0 radical (unpaired) electrons. The molecule has 136 valence electrons. The Kier molecular flexibility index (Phi) is 4.64. The maximum Gasteiger partial charge on any atom is 0.233 e. The Balaban J connectivity index is 1.40. The molecule has 1 aliphatic heterocycles. The van der Waals surface area contributed by atoms with E-state index in [1.807, 2.05) is 24.4 Å². The number of rotatable bonds is 4. The average Bonchev–Trinajstić information content (AvgIpc) is 3.30. The lowest BCUT2D eigenvalue weighted by Crippen LogP contribution is -2.31. The van der Waals surface area contributed by atoms with Crippen LogP contribution in [0.3, 0.4) is 0 Å². The van der Waals surface area contributed by atoms with Crippen LogP contribution >= 0.6 is 0 Å². The van der Waals surface area contributed by atoms with Crippen LogP contribution in [-0.2, 0) is 11.2 Å². The van der Waals surface area contributed by atoms with Crippen LogP contribution in [0.5, 0.6) is 0 Å². The lowest BCUT2D eigenvalue weighted by molar-refractivity contribution is -0.117. The molecule has 2 aliphatic rings. The molecule has 5 nitrogen and oxygen atoms in total. The number of fused-ring (bicyclic) bond motifs is 1. The van der Waals surface area contributed by atoms with Crippen LogP contribution in [0.4, 0.5) is 11.5 Å². The van der Waals surface area contributed by atoms with E-state index in [4.69, 9.17) is 0 Å². The summed E-state index contributed by atoms with van der Waals surface area (Å²) in [5.74, 6) is 0.614. The van der Waals surface area contributed by atoms with Crippen LogP contribution in [0.2, 0.25) is 0 Å². The first-order chi connectivity index (χ1) is 12.6. The van der Waals surface area contributed by atoms with Gasteiger partial charge in [-0.05, 0) is 56.6 Å². The van der Waals surface area contributed by atoms with E-state index in [0.717, 1.165) is 37.2 Å². The van der Waals surface area contributed by atoms with Crippen LogP contribution in [0, 0.1) is 0 Å². The zero-order valence-corrected chi connectivity index (χ0v) is 15.5. The standard InChI is InChI=1S/C21H26N4O/c1-24(2)17-11-12-25(14-17)16-8-10-20(22-13-16)23-21(26)19-9-7-15-5-3-4-6-18(15)19/h3-6,8,10,13,17,19H,7,9,11-12,14H2,1-2H3,(H,22,23,26). The van der Waals surface area contributed by atoms with E-state index in [1.165, 1.54) is 12.0 Å². The van der Waals surface area contributed by atoms with Crippen molar-refractivity contribution in [2.75, 3.05) is 37.4 Å². The molecule has 26 heavy (non-hydrogen) atoms. The molecule has 0 bridgehead atoms. The van der Waals surface area contributed by atoms with E-state index in [1.54, 1.807) is 0 Å². The highest BCUT2D eigenvalue weighted by molar-refractivity contribution is 5.96. The second kappa shape index (κ2) is 7.08. The number of carbonyl (C=O) groups is 1. The van der Waals surface area contributed by atoms with Crippen molar-refractivity contribution < 1.29 is 4.79 Å². The normalized spacial score (nSPS) is 21.9. The van der Waals surface area contributed by atoms with Crippen molar-refractivity contribution in [1.29, 1.82) is 0 Å². The van der Waals surface area contributed by atoms with Crippen molar-refractivity contribution in [3.63, 3.8) is 0 Å². The number of amides is 1. The molecule has 1 aliphatic carbocycles. The molecule has 2 unspecified atom stereocenters. The predicted octanol–water partition coefficient (Wildman–Crippen LogP) is 2.89. The summed E-state index contributed by atoms with van der Waals surface area (Å²) in [6.45, 7) is 2.08. The highest BCUT2D eigenvalue weighted by Gasteiger charge is 2.28. The van der Waals surface area contributed by atoms with E-state index < -0.39 is 0 Å². The van der Waals surface area contributed by atoms with Gasteiger partial charge in [0.25, 0.3) is 0 Å². The third kappa shape index (κ3) is 3.31. The fourth-order valence-corrected chi connectivity index (χ4v) is 4.09. The van der Waals surface area contributed by atoms with Crippen molar-refractivity contribution >= 4 is 17.4 Å². The summed E-state index contributed by atoms with van der Waals surface area (Å²) in [5, 5.41) is 2.99. The Hall–Kier alpha value is -2.40. The van der Waals surface area contributed by atoms with E-state index in [-0.39, 0.29) is 11.8 Å². The number of likely N-dealkylation sites (N-methyl/N-ethyl adjacent to an activating group) is 1. The van der Waals surface area contributed by atoms with Crippen molar-refractivity contribution in [3.8, 4) is 0 Å². The number of hydrogen-bond donors (Lipinski definition) is 1. The van der Waals surface area contributed by atoms with Gasteiger partial charge in [-0.2, -0.15) is 0 Å². The van der Waals surface area contributed by atoms with E-state index in [9.17, 15) is 4.79 Å². The average molecular weight is 350 g/mol. The van der Waals surface area contributed by atoms with Gasteiger partial charge in [-0.1, -0.05) is 24.3 Å². The van der Waals surface area contributed by atoms with Gasteiger partial charge in [0.1, 0.15) is 5.82 Å². The lowest BCUT2D eigenvalue weighted by Gasteiger charge is -2.21. The smallest absolute Gasteiger partial charge is 0.233 e. The fraction of sp³-hybridized carbons (Fsp3) is 0.429. The molecule has 1 aromatic heterocycles. The van der Waals surface area contributed by atoms with Gasteiger partial charge in [0.05, 0.1) is 17.8 Å². The van der Waals surface area contributed by atoms with Gasteiger partial charge in [0.15, 0.2) is 0 Å². The highest BCUT2D eigenvalue weighted by atomic mass is 16.1. The highest BCUT2D eigenvalue weighted by Crippen LogP contribution is 2.33. The molecule has 4 rings (SSSR count). The third-order valence-corrected chi connectivity index (χ3v) is 5.71. The number of aromatic nitrogens is 1. The molecule has 2 heterocycles. The Morgan fingerprint density at radius 3 is 2.77 bits per heavy atom. The summed E-state index contributed by atoms with van der Waals surface area (Å²) < 4.78 is 0. The van der Waals surface area contributed by atoms with Gasteiger partial charge < -0.3 is 15.1 Å². The maximum absolute atomic E-state index is 12.7. The molecule has 1 N–H and O–H groups in total.